The smallest absolute Gasteiger partial charge is 0.191 e. The first-order chi connectivity index (χ1) is 9.58. The maximum Gasteiger partial charge on any atom is 0.191 e. The van der Waals surface area contributed by atoms with Gasteiger partial charge in [-0.1, -0.05) is 6.07 Å². The summed E-state index contributed by atoms with van der Waals surface area (Å²) in [6, 6.07) is 6.42. The molecule has 1 aromatic rings. The quantitative estimate of drug-likeness (QED) is 0.475. The second-order valence-corrected chi connectivity index (χ2v) is 5.28. The number of nitrogens with zero attached hydrogens (tertiary/aromatic N) is 3. The van der Waals surface area contributed by atoms with Crippen LogP contribution in [0.4, 0.5) is 5.69 Å². The Morgan fingerprint density at radius 2 is 2.00 bits per heavy atom. The van der Waals surface area contributed by atoms with Crippen LogP contribution in [0.5, 0.6) is 0 Å². The normalized spacial score (nSPS) is 15.6. The predicted octanol–water partition coefficient (Wildman–Crippen LogP) is 1.83. The molecule has 0 bridgehead atoms. The number of aliphatic imine (C=N–C) groups is 1. The summed E-state index contributed by atoms with van der Waals surface area (Å²) in [4.78, 5) is 8.68. The van der Waals surface area contributed by atoms with E-state index in [-0.39, 0.29) is 24.0 Å². The summed E-state index contributed by atoms with van der Waals surface area (Å²) in [6.07, 6.45) is 0. The number of halogens is 1. The van der Waals surface area contributed by atoms with E-state index in [2.05, 4.69) is 39.9 Å². The van der Waals surface area contributed by atoms with Crippen LogP contribution in [0.3, 0.4) is 0 Å². The molecule has 6 heteroatoms. The van der Waals surface area contributed by atoms with Crippen LogP contribution in [-0.4, -0.2) is 51.3 Å². The van der Waals surface area contributed by atoms with E-state index in [9.17, 15) is 0 Å². The summed E-state index contributed by atoms with van der Waals surface area (Å²) in [5.74, 6) is 0.615. The molecule has 0 aliphatic carbocycles. The number of benzene rings is 1. The molecule has 2 rings (SSSR count). The van der Waals surface area contributed by atoms with Crippen LogP contribution in [0.1, 0.15) is 11.1 Å². The van der Waals surface area contributed by atoms with E-state index in [0.717, 1.165) is 26.3 Å². The fraction of sp³-hybridized carbons (Fsp3) is 0.533. The third kappa shape index (κ3) is 5.03. The Bertz CT molecular complexity index is 485. The highest BCUT2D eigenvalue weighted by molar-refractivity contribution is 14.0. The molecule has 1 aliphatic rings. The third-order valence-corrected chi connectivity index (χ3v) is 3.59. The molecule has 21 heavy (non-hydrogen) atoms. The third-order valence-electron chi connectivity index (χ3n) is 3.59. The number of ether oxygens (including phenoxy) is 1. The fourth-order valence-electron chi connectivity index (χ4n) is 2.19. The molecule has 0 saturated carbocycles. The van der Waals surface area contributed by atoms with E-state index in [4.69, 9.17) is 10.5 Å². The van der Waals surface area contributed by atoms with Crippen molar-refractivity contribution in [2.45, 2.75) is 13.5 Å². The predicted molar refractivity (Wildman–Crippen MR) is 98.6 cm³/mol. The van der Waals surface area contributed by atoms with Gasteiger partial charge in [-0.25, -0.2) is 4.99 Å². The van der Waals surface area contributed by atoms with Gasteiger partial charge in [0, 0.05) is 32.9 Å². The zero-order valence-electron chi connectivity index (χ0n) is 13.0. The van der Waals surface area contributed by atoms with Gasteiger partial charge in [0.25, 0.3) is 0 Å². The second kappa shape index (κ2) is 8.43. The van der Waals surface area contributed by atoms with Gasteiger partial charge in [0.05, 0.1) is 19.8 Å². The van der Waals surface area contributed by atoms with Crippen molar-refractivity contribution < 1.29 is 4.74 Å². The highest BCUT2D eigenvalue weighted by Gasteiger charge is 2.12. The van der Waals surface area contributed by atoms with E-state index >= 15 is 0 Å². The van der Waals surface area contributed by atoms with E-state index in [1.807, 2.05) is 14.1 Å². The number of hydrogen-bond acceptors (Lipinski definition) is 3. The zero-order chi connectivity index (χ0) is 14.5. The first-order valence-corrected chi connectivity index (χ1v) is 6.97. The Labute approximate surface area is 144 Å². The summed E-state index contributed by atoms with van der Waals surface area (Å²) < 4.78 is 5.31. The van der Waals surface area contributed by atoms with Crippen molar-refractivity contribution in [2.24, 2.45) is 10.7 Å². The zero-order valence-corrected chi connectivity index (χ0v) is 15.3. The van der Waals surface area contributed by atoms with Crippen LogP contribution in [-0.2, 0) is 11.3 Å². The minimum absolute atomic E-state index is 0. The molecule has 2 N–H and O–H groups in total. The average molecular weight is 404 g/mol. The lowest BCUT2D eigenvalue weighted by molar-refractivity contribution is 0.0674. The van der Waals surface area contributed by atoms with Crippen molar-refractivity contribution in [3.8, 4) is 0 Å². The highest BCUT2D eigenvalue weighted by Crippen LogP contribution is 2.18. The summed E-state index contributed by atoms with van der Waals surface area (Å²) in [5, 5.41) is 0. The van der Waals surface area contributed by atoms with Gasteiger partial charge in [0.2, 0.25) is 0 Å². The van der Waals surface area contributed by atoms with Crippen molar-refractivity contribution in [1.29, 1.82) is 0 Å². The molecule has 0 unspecified atom stereocenters. The lowest BCUT2D eigenvalue weighted by Gasteiger charge is -2.27. The Morgan fingerprint density at radius 3 is 2.57 bits per heavy atom. The molecule has 1 saturated heterocycles. The van der Waals surface area contributed by atoms with Crippen molar-refractivity contribution in [3.05, 3.63) is 29.3 Å². The molecule has 0 radical (unpaired) electrons. The van der Waals surface area contributed by atoms with Gasteiger partial charge in [-0.3, -0.25) is 0 Å². The van der Waals surface area contributed by atoms with Gasteiger partial charge in [-0.2, -0.15) is 0 Å². The standard InChI is InChI=1S/C15H24N4O.HI/c1-12-10-14(18(2)3)5-4-13(12)11-17-15(16)19-6-8-20-9-7-19;/h4-5,10H,6-9,11H2,1-3H3,(H2,16,17);1H. The maximum absolute atomic E-state index is 6.04. The monoisotopic (exact) mass is 404 g/mol. The van der Waals surface area contributed by atoms with Crippen LogP contribution in [0.25, 0.3) is 0 Å². The number of rotatable bonds is 3. The summed E-state index contributed by atoms with van der Waals surface area (Å²) >= 11 is 0. The van der Waals surface area contributed by atoms with Crippen molar-refractivity contribution in [2.75, 3.05) is 45.3 Å². The number of anilines is 1. The molecule has 1 heterocycles. The Balaban J connectivity index is 0.00000220. The van der Waals surface area contributed by atoms with Gasteiger partial charge in [0.15, 0.2) is 5.96 Å². The lowest BCUT2D eigenvalue weighted by atomic mass is 10.1. The minimum atomic E-state index is 0. The van der Waals surface area contributed by atoms with Crippen LogP contribution >= 0.6 is 24.0 Å². The fourth-order valence-corrected chi connectivity index (χ4v) is 2.19. The molecule has 118 valence electrons. The molecule has 0 aromatic heterocycles. The average Bonchev–Trinajstić information content (AvgIpc) is 2.46. The Morgan fingerprint density at radius 1 is 1.33 bits per heavy atom. The Hall–Kier alpha value is -1.02. The SMILES string of the molecule is Cc1cc(N(C)C)ccc1CN=C(N)N1CCOCC1.I. The van der Waals surface area contributed by atoms with E-state index in [0.29, 0.717) is 12.5 Å². The van der Waals surface area contributed by atoms with Crippen LogP contribution in [0, 0.1) is 6.92 Å². The number of hydrogen-bond donors (Lipinski definition) is 1. The molecular weight excluding hydrogens is 379 g/mol. The maximum atomic E-state index is 6.04. The van der Waals surface area contributed by atoms with Crippen molar-refractivity contribution in [3.63, 3.8) is 0 Å². The van der Waals surface area contributed by atoms with Gasteiger partial charge in [0.1, 0.15) is 0 Å². The molecule has 0 spiro atoms. The van der Waals surface area contributed by atoms with E-state index in [1.54, 1.807) is 0 Å². The van der Waals surface area contributed by atoms with E-state index < -0.39 is 0 Å². The molecule has 5 nitrogen and oxygen atoms in total. The Kier molecular flexibility index (Phi) is 7.24. The molecule has 1 fully saturated rings. The summed E-state index contributed by atoms with van der Waals surface area (Å²) in [5.41, 5.74) is 9.70. The van der Waals surface area contributed by atoms with Crippen LogP contribution < -0.4 is 10.6 Å². The highest BCUT2D eigenvalue weighted by atomic mass is 127. The first-order valence-electron chi connectivity index (χ1n) is 6.97. The molecule has 1 aromatic carbocycles. The van der Waals surface area contributed by atoms with Crippen molar-refractivity contribution in [1.82, 2.24) is 4.90 Å². The van der Waals surface area contributed by atoms with Gasteiger partial charge in [-0.05, 0) is 30.2 Å². The second-order valence-electron chi connectivity index (χ2n) is 5.28. The largest absolute Gasteiger partial charge is 0.378 e. The number of aryl methyl sites for hydroxylation is 1. The van der Waals surface area contributed by atoms with Gasteiger partial charge >= 0.3 is 0 Å². The summed E-state index contributed by atoms with van der Waals surface area (Å²) in [6.45, 7) is 5.85. The van der Waals surface area contributed by atoms with Crippen molar-refractivity contribution >= 4 is 35.6 Å². The van der Waals surface area contributed by atoms with Gasteiger partial charge in [-0.15, -0.1) is 24.0 Å². The minimum Gasteiger partial charge on any atom is -0.378 e. The topological polar surface area (TPSA) is 54.1 Å². The first kappa shape index (κ1) is 18.0. The summed E-state index contributed by atoms with van der Waals surface area (Å²) in [7, 11) is 4.09. The van der Waals surface area contributed by atoms with E-state index in [1.165, 1.54) is 16.8 Å². The lowest BCUT2D eigenvalue weighted by Crippen LogP contribution is -2.44. The number of guanidine groups is 1. The number of nitrogens with two attached hydrogens (primary N) is 1. The molecular formula is C15H25IN4O. The molecule has 1 aliphatic heterocycles. The molecule has 0 amide bonds. The van der Waals surface area contributed by atoms with Crippen LogP contribution in [0.2, 0.25) is 0 Å². The van der Waals surface area contributed by atoms with Crippen LogP contribution in [0.15, 0.2) is 23.2 Å². The molecule has 0 atom stereocenters. The van der Waals surface area contributed by atoms with Gasteiger partial charge < -0.3 is 20.3 Å². The number of morpholine rings is 1.